The number of para-hydroxylation sites is 3. The highest BCUT2D eigenvalue weighted by Crippen LogP contribution is 2.60. The summed E-state index contributed by atoms with van der Waals surface area (Å²) < 4.78 is 5.32. The molecule has 3 heterocycles. The van der Waals surface area contributed by atoms with Gasteiger partial charge in [-0.15, -0.1) is 0 Å². The van der Waals surface area contributed by atoms with Gasteiger partial charge in [-0.25, -0.2) is 15.0 Å². The monoisotopic (exact) mass is 803 g/mol. The van der Waals surface area contributed by atoms with Gasteiger partial charge in [0.25, 0.3) is 0 Å². The number of rotatable bonds is 7. The molecule has 0 saturated heterocycles. The molecular formula is C57H49N5. The zero-order valence-corrected chi connectivity index (χ0v) is 35.3. The third-order valence-electron chi connectivity index (χ3n) is 14.6. The predicted molar refractivity (Wildman–Crippen MR) is 255 cm³/mol. The van der Waals surface area contributed by atoms with Crippen molar-refractivity contribution in [3.05, 3.63) is 181 Å². The normalized spacial score (nSPS) is 21.3. The molecule has 2 fully saturated rings. The van der Waals surface area contributed by atoms with Gasteiger partial charge in [0.05, 0.1) is 22.1 Å². The predicted octanol–water partition coefficient (Wildman–Crippen LogP) is 14.3. The minimum Gasteiger partial charge on any atom is -0.329 e. The van der Waals surface area contributed by atoms with Crippen LogP contribution in [0.1, 0.15) is 51.5 Å². The van der Waals surface area contributed by atoms with Crippen molar-refractivity contribution in [2.24, 2.45) is 23.7 Å². The summed E-state index contributed by atoms with van der Waals surface area (Å²) in [6.07, 6.45) is 6.15. The largest absolute Gasteiger partial charge is 0.329 e. The van der Waals surface area contributed by atoms with E-state index >= 15 is 0 Å². The van der Waals surface area contributed by atoms with Crippen LogP contribution in [-0.4, -0.2) is 24.1 Å². The Morgan fingerprint density at radius 3 is 1.63 bits per heavy atom. The molecule has 62 heavy (non-hydrogen) atoms. The maximum absolute atomic E-state index is 5.13. The highest BCUT2D eigenvalue weighted by Gasteiger charge is 2.54. The van der Waals surface area contributed by atoms with Crippen LogP contribution in [0, 0.1) is 23.7 Å². The summed E-state index contributed by atoms with van der Waals surface area (Å²) >= 11 is 0. The number of nitrogens with zero attached hydrogens (tertiary/aromatic N) is 5. The van der Waals surface area contributed by atoms with E-state index in [0.29, 0.717) is 35.2 Å². The lowest BCUT2D eigenvalue weighted by atomic mass is 9.53. The van der Waals surface area contributed by atoms with Gasteiger partial charge in [0, 0.05) is 49.4 Å². The number of hydrogen-bond acceptors (Lipinski definition) is 3. The molecule has 302 valence electrons. The molecule has 0 amide bonds. The Labute approximate surface area is 362 Å². The van der Waals surface area contributed by atoms with Crippen molar-refractivity contribution in [1.29, 1.82) is 0 Å². The number of hydrogen-bond donors (Lipinski definition) is 0. The maximum Gasteiger partial charge on any atom is 0.164 e. The van der Waals surface area contributed by atoms with Crippen molar-refractivity contribution in [2.75, 3.05) is 0 Å². The fourth-order valence-electron chi connectivity index (χ4n) is 12.3. The molecule has 5 heteroatoms. The van der Waals surface area contributed by atoms with Gasteiger partial charge in [0.15, 0.2) is 17.5 Å². The topological polar surface area (TPSA) is 48.5 Å². The van der Waals surface area contributed by atoms with E-state index in [2.05, 4.69) is 163 Å². The van der Waals surface area contributed by atoms with Crippen LogP contribution >= 0.6 is 0 Å². The molecule has 3 aromatic heterocycles. The van der Waals surface area contributed by atoms with Gasteiger partial charge >= 0.3 is 0 Å². The minimum absolute atomic E-state index is 0.269. The first-order chi connectivity index (χ1) is 30.6. The minimum atomic E-state index is -0.269. The molecule has 2 saturated carbocycles. The van der Waals surface area contributed by atoms with Crippen LogP contribution in [0.5, 0.6) is 0 Å². The Kier molecular flexibility index (Phi) is 8.74. The molecule has 2 bridgehead atoms. The van der Waals surface area contributed by atoms with E-state index in [0.717, 1.165) is 29.0 Å². The van der Waals surface area contributed by atoms with Crippen LogP contribution in [0.4, 0.5) is 0 Å². The zero-order chi connectivity index (χ0) is 41.4. The van der Waals surface area contributed by atoms with E-state index in [1.165, 1.54) is 80.5 Å². The lowest BCUT2D eigenvalue weighted by Crippen LogP contribution is -2.54. The van der Waals surface area contributed by atoms with Crippen LogP contribution < -0.4 is 0 Å². The number of fused-ring (bicyclic) bond motifs is 9. The lowest BCUT2D eigenvalue weighted by molar-refractivity contribution is -0.00632. The quantitative estimate of drug-likeness (QED) is 0.161. The van der Waals surface area contributed by atoms with Crippen molar-refractivity contribution in [3.63, 3.8) is 0 Å². The highest BCUT2D eigenvalue weighted by molar-refractivity contribution is 6.28. The van der Waals surface area contributed by atoms with Crippen LogP contribution in [-0.2, 0) is 5.54 Å². The second-order valence-electron chi connectivity index (χ2n) is 18.1. The summed E-state index contributed by atoms with van der Waals surface area (Å²) in [6.45, 7) is 4.95. The third-order valence-corrected chi connectivity index (χ3v) is 14.6. The third kappa shape index (κ3) is 5.64. The first kappa shape index (κ1) is 37.0. The molecular weight excluding hydrogens is 755 g/mol. The Balaban J connectivity index is 1.11. The molecule has 5 atom stereocenters. The molecule has 5 nitrogen and oxygen atoms in total. The van der Waals surface area contributed by atoms with E-state index < -0.39 is 0 Å². The maximum atomic E-state index is 5.13. The summed E-state index contributed by atoms with van der Waals surface area (Å²) in [7, 11) is 0. The molecule has 0 spiro atoms. The summed E-state index contributed by atoms with van der Waals surface area (Å²) in [4.78, 5) is 15.2. The average molecular weight is 804 g/mol. The number of benzene rings is 7. The molecule has 5 unspecified atom stereocenters. The smallest absolute Gasteiger partial charge is 0.164 e. The van der Waals surface area contributed by atoms with Gasteiger partial charge in [-0.2, -0.15) is 0 Å². The van der Waals surface area contributed by atoms with Crippen molar-refractivity contribution in [1.82, 2.24) is 24.1 Å². The summed E-state index contributed by atoms with van der Waals surface area (Å²) in [5.74, 6) is 4.42. The number of aromatic nitrogens is 5. The van der Waals surface area contributed by atoms with Gasteiger partial charge < -0.3 is 9.13 Å². The van der Waals surface area contributed by atoms with Gasteiger partial charge in [0.2, 0.25) is 0 Å². The molecule has 0 aliphatic heterocycles. The fourth-order valence-corrected chi connectivity index (χ4v) is 12.3. The lowest BCUT2D eigenvalue weighted by Gasteiger charge is -2.57. The average Bonchev–Trinajstić information content (AvgIpc) is 3.85. The van der Waals surface area contributed by atoms with Gasteiger partial charge in [-0.3, -0.25) is 0 Å². The van der Waals surface area contributed by atoms with E-state index in [4.69, 9.17) is 15.0 Å². The van der Waals surface area contributed by atoms with E-state index in [-0.39, 0.29) is 5.54 Å². The summed E-state index contributed by atoms with van der Waals surface area (Å²) in [5, 5.41) is 5.31. The summed E-state index contributed by atoms with van der Waals surface area (Å²) in [5.41, 5.74) is 10.4. The Morgan fingerprint density at radius 2 is 1.00 bits per heavy atom. The standard InChI is InChI=1S/C57H49N5/c1-3-42-35-38-33-37(2)34-44(36-38)57(42,43-29-27-41(28-30-43)56-59-54(39-17-7-4-8-18-39)58-55(60-56)40-19-9-5-10-20-40)62-49-26-16-14-24-47(49)53-51(62)32-31-50-52(53)46-23-13-15-25-48(46)61(50)45-21-11-6-12-22-45/h4-32,37-38,42,44H,3,33-36H2,1-2H3. The SMILES string of the molecule is CCC1CC2CC(C)CC(C2)C1(c1ccc(-c2nc(-c3ccccc3)nc(-c3ccccc3)n2)cc1)n1c2ccccc2c2c3c4ccccc4n(-c4ccccc4)c3ccc21. The van der Waals surface area contributed by atoms with Crippen LogP contribution in [0.15, 0.2) is 176 Å². The van der Waals surface area contributed by atoms with Crippen LogP contribution in [0.25, 0.3) is 83.5 Å². The van der Waals surface area contributed by atoms with Crippen LogP contribution in [0.2, 0.25) is 0 Å². The Bertz CT molecular complexity index is 3200. The Morgan fingerprint density at radius 1 is 0.484 bits per heavy atom. The van der Waals surface area contributed by atoms with Crippen molar-refractivity contribution in [2.45, 2.75) is 51.5 Å². The van der Waals surface area contributed by atoms with Gasteiger partial charge in [-0.05, 0) is 91.3 Å². The zero-order valence-electron chi connectivity index (χ0n) is 35.3. The molecule has 0 N–H and O–H groups in total. The second kappa shape index (κ2) is 14.7. The van der Waals surface area contributed by atoms with E-state index in [1.54, 1.807) is 0 Å². The molecule has 2 aliphatic rings. The molecule has 7 aromatic carbocycles. The highest BCUT2D eigenvalue weighted by atomic mass is 15.1. The molecule has 12 rings (SSSR count). The molecule has 0 radical (unpaired) electrons. The molecule has 10 aromatic rings. The summed E-state index contributed by atoms with van der Waals surface area (Å²) in [6, 6.07) is 64.0. The van der Waals surface area contributed by atoms with E-state index in [1.807, 2.05) is 36.4 Å². The van der Waals surface area contributed by atoms with Crippen molar-refractivity contribution >= 4 is 43.6 Å². The van der Waals surface area contributed by atoms with E-state index in [9.17, 15) is 0 Å². The first-order valence-corrected chi connectivity index (χ1v) is 22.6. The Hall–Kier alpha value is -6.85. The van der Waals surface area contributed by atoms with Gasteiger partial charge in [0.1, 0.15) is 0 Å². The fraction of sp³-hybridized carbons (Fsp3) is 0.211. The molecule has 2 aliphatic carbocycles. The van der Waals surface area contributed by atoms with Gasteiger partial charge in [-0.1, -0.05) is 160 Å². The van der Waals surface area contributed by atoms with Crippen molar-refractivity contribution in [3.8, 4) is 39.9 Å². The first-order valence-electron chi connectivity index (χ1n) is 22.6. The van der Waals surface area contributed by atoms with Crippen molar-refractivity contribution < 1.29 is 0 Å². The van der Waals surface area contributed by atoms with Crippen LogP contribution in [0.3, 0.4) is 0 Å². The second-order valence-corrected chi connectivity index (χ2v) is 18.1.